The predicted octanol–water partition coefficient (Wildman–Crippen LogP) is 2.28. The molecule has 0 aromatic rings. The number of amides is 1. The van der Waals surface area contributed by atoms with E-state index >= 15 is 0 Å². The van der Waals surface area contributed by atoms with Gasteiger partial charge in [-0.2, -0.15) is 0 Å². The topological polar surface area (TPSA) is 20.3 Å². The van der Waals surface area contributed by atoms with E-state index in [9.17, 15) is 4.79 Å². The third-order valence-corrected chi connectivity index (χ3v) is 3.36. The van der Waals surface area contributed by atoms with Gasteiger partial charge < -0.3 is 4.90 Å². The molecule has 0 bridgehead atoms. The zero-order valence-corrected chi connectivity index (χ0v) is 10.7. The number of hydrogen-bond donors (Lipinski definition) is 0. The van der Waals surface area contributed by atoms with Crippen molar-refractivity contribution in [3.05, 3.63) is 0 Å². The Kier molecular flexibility index (Phi) is 6.65. The number of alkyl halides is 1. The van der Waals surface area contributed by atoms with Crippen LogP contribution in [0.15, 0.2) is 0 Å². The molecule has 2 nitrogen and oxygen atoms in total. The summed E-state index contributed by atoms with van der Waals surface area (Å²) < 4.78 is 0. The van der Waals surface area contributed by atoms with E-state index in [2.05, 4.69) is 21.9 Å². The van der Waals surface area contributed by atoms with E-state index in [1.165, 1.54) is 0 Å². The van der Waals surface area contributed by atoms with Gasteiger partial charge in [-0.3, -0.25) is 4.79 Å². The summed E-state index contributed by atoms with van der Waals surface area (Å²) in [5, 5.41) is 0. The van der Waals surface area contributed by atoms with Crippen LogP contribution in [-0.4, -0.2) is 28.7 Å². The van der Waals surface area contributed by atoms with Crippen molar-refractivity contribution in [1.82, 2.24) is 4.90 Å². The fraction of sp³-hybridized carbons (Fsp3) is 0.727. The maximum absolute atomic E-state index is 11.8. The second-order valence-electron chi connectivity index (χ2n) is 3.61. The maximum Gasteiger partial charge on any atom is 0.237 e. The summed E-state index contributed by atoms with van der Waals surface area (Å²) in [6.07, 6.45) is 6.15. The molecule has 1 atom stereocenters. The van der Waals surface area contributed by atoms with Crippen molar-refractivity contribution < 1.29 is 4.79 Å². The number of terminal acetylenes is 1. The molecule has 0 spiro atoms. The summed E-state index contributed by atoms with van der Waals surface area (Å²) in [6, 6.07) is 0. The Morgan fingerprint density at radius 1 is 1.57 bits per heavy atom. The third-order valence-electron chi connectivity index (χ3n) is 1.91. The molecule has 0 aliphatic rings. The van der Waals surface area contributed by atoms with Gasteiger partial charge in [0.15, 0.2) is 0 Å². The summed E-state index contributed by atoms with van der Waals surface area (Å²) in [6.45, 7) is 7.20. The Morgan fingerprint density at radius 3 is 2.50 bits per heavy atom. The van der Waals surface area contributed by atoms with Gasteiger partial charge in [-0.25, -0.2) is 0 Å². The molecule has 0 aliphatic heterocycles. The van der Waals surface area contributed by atoms with Crippen molar-refractivity contribution in [3.8, 4) is 12.3 Å². The SMILES string of the molecule is C#CCN(CCC)C(=O)C(Br)C(C)C. The van der Waals surface area contributed by atoms with Gasteiger partial charge in [-0.1, -0.05) is 42.6 Å². The van der Waals surface area contributed by atoms with Crippen LogP contribution in [0.2, 0.25) is 0 Å². The average Bonchev–Trinajstić information content (AvgIpc) is 2.15. The van der Waals surface area contributed by atoms with Crippen molar-refractivity contribution in [1.29, 1.82) is 0 Å². The lowest BCUT2D eigenvalue weighted by Crippen LogP contribution is -2.39. The normalized spacial score (nSPS) is 12.3. The largest absolute Gasteiger partial charge is 0.331 e. The zero-order chi connectivity index (χ0) is 11.1. The first-order valence-electron chi connectivity index (χ1n) is 4.90. The molecule has 0 heterocycles. The monoisotopic (exact) mass is 259 g/mol. The first kappa shape index (κ1) is 13.5. The fourth-order valence-electron chi connectivity index (χ4n) is 1.11. The maximum atomic E-state index is 11.8. The Morgan fingerprint density at radius 2 is 2.14 bits per heavy atom. The van der Waals surface area contributed by atoms with Crippen LogP contribution in [0.4, 0.5) is 0 Å². The fourth-order valence-corrected chi connectivity index (χ4v) is 1.40. The quantitative estimate of drug-likeness (QED) is 0.548. The van der Waals surface area contributed by atoms with Gasteiger partial charge in [0.2, 0.25) is 5.91 Å². The molecule has 0 saturated heterocycles. The van der Waals surface area contributed by atoms with Crippen molar-refractivity contribution in [2.24, 2.45) is 5.92 Å². The second-order valence-corrected chi connectivity index (χ2v) is 4.60. The van der Waals surface area contributed by atoms with Crippen molar-refractivity contribution >= 4 is 21.8 Å². The van der Waals surface area contributed by atoms with Gasteiger partial charge in [0.05, 0.1) is 11.4 Å². The number of nitrogens with zero attached hydrogens (tertiary/aromatic N) is 1. The van der Waals surface area contributed by atoms with Crippen LogP contribution in [0.5, 0.6) is 0 Å². The third kappa shape index (κ3) is 4.15. The van der Waals surface area contributed by atoms with Gasteiger partial charge in [-0.15, -0.1) is 6.42 Å². The van der Waals surface area contributed by atoms with Crippen LogP contribution in [0.3, 0.4) is 0 Å². The van der Waals surface area contributed by atoms with E-state index in [1.807, 2.05) is 20.8 Å². The van der Waals surface area contributed by atoms with Crippen LogP contribution < -0.4 is 0 Å². The molecule has 3 heteroatoms. The Balaban J connectivity index is 4.36. The van der Waals surface area contributed by atoms with E-state index in [4.69, 9.17) is 6.42 Å². The Labute approximate surface area is 95.2 Å². The summed E-state index contributed by atoms with van der Waals surface area (Å²) in [4.78, 5) is 13.4. The molecular weight excluding hydrogens is 242 g/mol. The first-order chi connectivity index (χ1) is 6.54. The van der Waals surface area contributed by atoms with Crippen LogP contribution in [0.25, 0.3) is 0 Å². The number of hydrogen-bond acceptors (Lipinski definition) is 1. The van der Waals surface area contributed by atoms with Crippen LogP contribution in [0, 0.1) is 18.3 Å². The van der Waals surface area contributed by atoms with Crippen LogP contribution in [-0.2, 0) is 4.79 Å². The van der Waals surface area contributed by atoms with E-state index in [0.29, 0.717) is 12.5 Å². The smallest absolute Gasteiger partial charge is 0.237 e. The number of carbonyl (C=O) groups is 1. The molecule has 0 rings (SSSR count). The zero-order valence-electron chi connectivity index (χ0n) is 9.09. The van der Waals surface area contributed by atoms with Crippen LogP contribution >= 0.6 is 15.9 Å². The first-order valence-corrected chi connectivity index (χ1v) is 5.82. The summed E-state index contributed by atoms with van der Waals surface area (Å²) in [5.41, 5.74) is 0. The van der Waals surface area contributed by atoms with Gasteiger partial charge in [0.25, 0.3) is 0 Å². The highest BCUT2D eigenvalue weighted by atomic mass is 79.9. The van der Waals surface area contributed by atoms with Crippen molar-refractivity contribution in [3.63, 3.8) is 0 Å². The molecule has 0 fully saturated rings. The van der Waals surface area contributed by atoms with Gasteiger partial charge in [0, 0.05) is 6.54 Å². The molecule has 1 unspecified atom stereocenters. The molecular formula is C11H18BrNO. The Hall–Kier alpha value is -0.490. The number of halogens is 1. The molecule has 0 aromatic carbocycles. The average molecular weight is 260 g/mol. The minimum Gasteiger partial charge on any atom is -0.331 e. The van der Waals surface area contributed by atoms with Crippen molar-refractivity contribution in [2.45, 2.75) is 32.0 Å². The molecule has 1 amide bonds. The minimum atomic E-state index is -0.123. The lowest BCUT2D eigenvalue weighted by Gasteiger charge is -2.24. The molecule has 80 valence electrons. The lowest BCUT2D eigenvalue weighted by molar-refractivity contribution is -0.130. The van der Waals surface area contributed by atoms with E-state index in [1.54, 1.807) is 4.90 Å². The molecule has 0 radical (unpaired) electrons. The summed E-state index contributed by atoms with van der Waals surface area (Å²) >= 11 is 3.39. The molecule has 0 saturated carbocycles. The van der Waals surface area contributed by atoms with Gasteiger partial charge in [-0.05, 0) is 12.3 Å². The lowest BCUT2D eigenvalue weighted by atomic mass is 10.1. The molecule has 0 aromatic heterocycles. The van der Waals surface area contributed by atoms with E-state index in [0.717, 1.165) is 13.0 Å². The highest BCUT2D eigenvalue weighted by molar-refractivity contribution is 9.10. The van der Waals surface area contributed by atoms with Crippen LogP contribution in [0.1, 0.15) is 27.2 Å². The summed E-state index contributed by atoms with van der Waals surface area (Å²) in [5.74, 6) is 2.90. The molecule has 14 heavy (non-hydrogen) atoms. The highest BCUT2D eigenvalue weighted by Gasteiger charge is 2.23. The standard InChI is InChI=1S/C11H18BrNO/c1-5-7-13(8-6-2)11(14)10(12)9(3)4/h1,9-10H,6-8H2,2-4H3. The molecule has 0 aliphatic carbocycles. The van der Waals surface area contributed by atoms with Crippen molar-refractivity contribution in [2.75, 3.05) is 13.1 Å². The number of carbonyl (C=O) groups excluding carboxylic acids is 1. The van der Waals surface area contributed by atoms with Gasteiger partial charge in [0.1, 0.15) is 0 Å². The van der Waals surface area contributed by atoms with Gasteiger partial charge >= 0.3 is 0 Å². The van der Waals surface area contributed by atoms with E-state index in [-0.39, 0.29) is 10.7 Å². The highest BCUT2D eigenvalue weighted by Crippen LogP contribution is 2.15. The number of rotatable bonds is 5. The Bertz CT molecular complexity index is 220. The minimum absolute atomic E-state index is 0.0970. The predicted molar refractivity (Wildman–Crippen MR) is 63.3 cm³/mol. The van der Waals surface area contributed by atoms with E-state index < -0.39 is 0 Å². The molecule has 0 N–H and O–H groups in total. The second kappa shape index (κ2) is 6.89. The summed E-state index contributed by atoms with van der Waals surface area (Å²) in [7, 11) is 0.